The molecule has 0 bridgehead atoms. The second-order valence-corrected chi connectivity index (χ2v) is 7.56. The van der Waals surface area contributed by atoms with Crippen LogP contribution in [0.1, 0.15) is 44.6 Å². The number of hydrogen-bond donors (Lipinski definition) is 1. The van der Waals surface area contributed by atoms with E-state index in [1.54, 1.807) is 24.3 Å². The Kier molecular flexibility index (Phi) is 20.5. The van der Waals surface area contributed by atoms with Crippen LogP contribution >= 0.6 is 0 Å². The smallest absolute Gasteiger partial charge is 0.651 e. The molecular weight excluding hydrogens is 599 g/mol. The summed E-state index contributed by atoms with van der Waals surface area (Å²) >= 11 is 0. The number of amides is 5. The Morgan fingerprint density at radius 3 is 2.37 bits per heavy atom. The number of rotatable bonds is 14. The van der Waals surface area contributed by atoms with Crippen molar-refractivity contribution in [1.82, 2.24) is 10.2 Å². The molecule has 0 atom stereocenters. The molecule has 1 saturated heterocycles. The van der Waals surface area contributed by atoms with Crippen molar-refractivity contribution in [3.8, 4) is 0 Å². The summed E-state index contributed by atoms with van der Waals surface area (Å²) in [4.78, 5) is 59.7. The third kappa shape index (κ3) is 14.8. The zero-order chi connectivity index (χ0) is 24.1. The Bertz CT molecular complexity index is 851. The standard InChI is InChI=1S/C23H32N4O6.2Rb/c1-2-10-24-19(28)4-3-13-33-14-11-25-20(29)16-21(30)26-18-7-5-17(6-8-18)15-23(32)27-12-9-22(27)31;;/h5-8H,2-4,9-16H2,1H3,(H3,24,25,26,28,29,30);;/q;2*+1/p-2. The zero-order valence-electron chi connectivity index (χ0n) is 20.9. The molecule has 0 radical (unpaired) electrons. The summed E-state index contributed by atoms with van der Waals surface area (Å²) in [5.74, 6) is -1.61. The molecule has 1 aromatic carbocycles. The summed E-state index contributed by atoms with van der Waals surface area (Å²) in [6.07, 6.45) is 1.94. The number of β-lactam (4-membered cyclic amide) rings is 1. The van der Waals surface area contributed by atoms with Gasteiger partial charge in [-0.2, -0.15) is 0 Å². The van der Waals surface area contributed by atoms with Gasteiger partial charge in [-0.05, 0) is 18.4 Å². The Morgan fingerprint density at radius 2 is 1.77 bits per heavy atom. The van der Waals surface area contributed by atoms with Crippen LogP contribution in [0.2, 0.25) is 0 Å². The number of carbonyl (C=O) groups excluding carboxylic acids is 5. The minimum atomic E-state index is -0.613. The quantitative estimate of drug-likeness (QED) is 0.127. The summed E-state index contributed by atoms with van der Waals surface area (Å²) in [5.41, 5.74) is 1.08. The number of ether oxygens (including phenoxy) is 1. The number of hydrogen-bond acceptors (Lipinski definition) is 6. The van der Waals surface area contributed by atoms with Crippen molar-refractivity contribution in [1.29, 1.82) is 0 Å². The van der Waals surface area contributed by atoms with Crippen LogP contribution in [0.4, 0.5) is 5.69 Å². The fraction of sp³-hybridized carbons (Fsp3) is 0.522. The van der Waals surface area contributed by atoms with Gasteiger partial charge in [0.25, 0.3) is 0 Å². The van der Waals surface area contributed by atoms with Gasteiger partial charge in [-0.1, -0.05) is 31.2 Å². The van der Waals surface area contributed by atoms with Crippen molar-refractivity contribution >= 4 is 35.2 Å². The predicted molar refractivity (Wildman–Crippen MR) is 121 cm³/mol. The molecule has 1 aromatic rings. The third-order valence-corrected chi connectivity index (χ3v) is 4.79. The second-order valence-electron chi connectivity index (χ2n) is 7.56. The number of carbonyl (C=O) groups is 5. The van der Waals surface area contributed by atoms with Crippen LogP contribution in [0, 0.1) is 0 Å². The number of nitrogens with zero attached hydrogens (tertiary/aromatic N) is 3. The Morgan fingerprint density at radius 1 is 1.06 bits per heavy atom. The van der Waals surface area contributed by atoms with Crippen LogP contribution in [0.15, 0.2) is 24.3 Å². The van der Waals surface area contributed by atoms with Gasteiger partial charge in [-0.3, -0.25) is 19.3 Å². The molecule has 1 fully saturated rings. The maximum Gasteiger partial charge on any atom is 1.00 e. The average Bonchev–Trinajstić information content (AvgIpc) is 2.77. The first-order valence-corrected chi connectivity index (χ1v) is 11.1. The minimum Gasteiger partial charge on any atom is -0.651 e. The molecule has 180 valence electrons. The number of likely N-dealkylation sites (tertiary alicyclic amines) is 1. The topological polar surface area (TPSA) is 138 Å². The molecule has 0 aromatic heterocycles. The first-order valence-electron chi connectivity index (χ1n) is 11.1. The molecule has 1 N–H and O–H groups in total. The van der Waals surface area contributed by atoms with E-state index in [1.165, 1.54) is 4.90 Å². The van der Waals surface area contributed by atoms with Gasteiger partial charge in [0.15, 0.2) is 0 Å². The van der Waals surface area contributed by atoms with E-state index in [0.29, 0.717) is 50.2 Å². The van der Waals surface area contributed by atoms with Crippen LogP contribution in [0.5, 0.6) is 0 Å². The molecule has 1 heterocycles. The summed E-state index contributed by atoms with van der Waals surface area (Å²) < 4.78 is 5.33. The van der Waals surface area contributed by atoms with E-state index >= 15 is 0 Å². The van der Waals surface area contributed by atoms with Gasteiger partial charge < -0.3 is 30.3 Å². The molecule has 5 amide bonds. The van der Waals surface area contributed by atoms with E-state index in [9.17, 15) is 24.0 Å². The van der Waals surface area contributed by atoms with Gasteiger partial charge >= 0.3 is 116 Å². The molecule has 0 aliphatic carbocycles. The maximum absolute atomic E-state index is 12.0. The molecule has 0 unspecified atom stereocenters. The molecule has 10 nitrogen and oxygen atoms in total. The van der Waals surface area contributed by atoms with Crippen molar-refractivity contribution in [3.05, 3.63) is 40.5 Å². The van der Waals surface area contributed by atoms with E-state index in [0.717, 1.165) is 6.42 Å². The van der Waals surface area contributed by atoms with E-state index in [1.807, 2.05) is 6.92 Å². The second kappa shape index (κ2) is 20.3. The largest absolute Gasteiger partial charge is 1.00 e. The number of nitrogens with one attached hydrogen (secondary N) is 1. The predicted octanol–water partition coefficient (Wildman–Crippen LogP) is -3.86. The molecule has 0 saturated carbocycles. The fourth-order valence-corrected chi connectivity index (χ4v) is 2.93. The molecule has 35 heavy (non-hydrogen) atoms. The Hall–Kier alpha value is 0.340. The van der Waals surface area contributed by atoms with Crippen molar-refractivity contribution in [2.24, 2.45) is 0 Å². The van der Waals surface area contributed by atoms with Gasteiger partial charge in [-0.25, -0.2) is 0 Å². The van der Waals surface area contributed by atoms with Crippen LogP contribution in [0.3, 0.4) is 0 Å². The van der Waals surface area contributed by atoms with Crippen molar-refractivity contribution in [3.63, 3.8) is 0 Å². The van der Waals surface area contributed by atoms with Crippen LogP contribution in [-0.2, 0) is 35.1 Å². The van der Waals surface area contributed by atoms with Crippen molar-refractivity contribution < 1.29 is 145 Å². The Balaban J connectivity index is 0.00000578. The van der Waals surface area contributed by atoms with Crippen molar-refractivity contribution in [2.75, 3.05) is 32.8 Å². The summed E-state index contributed by atoms with van der Waals surface area (Å²) in [7, 11) is 0. The maximum atomic E-state index is 12.0. The van der Waals surface area contributed by atoms with Gasteiger partial charge in [0.2, 0.25) is 17.7 Å². The third-order valence-electron chi connectivity index (χ3n) is 4.79. The van der Waals surface area contributed by atoms with Crippen molar-refractivity contribution in [2.45, 2.75) is 45.4 Å². The molecule has 1 aliphatic rings. The SMILES string of the molecule is CCCNC(=O)CCCOCC[N-]C(=O)CC(=O)[N-]c1ccc(CC(=O)N2CCC2=O)cc1.[Rb+].[Rb+]. The normalized spacial score (nSPS) is 11.9. The van der Waals surface area contributed by atoms with E-state index in [2.05, 4.69) is 16.0 Å². The number of imide groups is 1. The van der Waals surface area contributed by atoms with Crippen LogP contribution in [0.25, 0.3) is 10.6 Å². The molecule has 1 aliphatic heterocycles. The van der Waals surface area contributed by atoms with Gasteiger partial charge in [0.05, 0.1) is 18.2 Å². The van der Waals surface area contributed by atoms with E-state index in [-0.39, 0.29) is 154 Å². The molecular formula is C23H30N4O6Rb2. The summed E-state index contributed by atoms with van der Waals surface area (Å²) in [6.45, 7) is 3.88. The zero-order valence-corrected chi connectivity index (χ0v) is 30.7. The average molecular weight is 629 g/mol. The summed E-state index contributed by atoms with van der Waals surface area (Å²) in [6, 6.07) is 6.48. The monoisotopic (exact) mass is 628 g/mol. The van der Waals surface area contributed by atoms with Crippen LogP contribution < -0.4 is 122 Å². The first kappa shape index (κ1) is 35.3. The van der Waals surface area contributed by atoms with Gasteiger partial charge in [0, 0.05) is 45.6 Å². The molecule has 12 heteroatoms. The van der Waals surface area contributed by atoms with E-state index < -0.39 is 18.2 Å². The molecule has 0 spiro atoms. The first-order chi connectivity index (χ1) is 15.9. The number of benzene rings is 1. The van der Waals surface area contributed by atoms with Gasteiger partial charge in [0.1, 0.15) is 0 Å². The molecule has 2 rings (SSSR count). The van der Waals surface area contributed by atoms with Crippen LogP contribution in [-0.4, -0.2) is 67.3 Å². The van der Waals surface area contributed by atoms with Gasteiger partial charge in [-0.15, -0.1) is 12.2 Å². The van der Waals surface area contributed by atoms with E-state index in [4.69, 9.17) is 4.74 Å². The fourth-order valence-electron chi connectivity index (χ4n) is 2.93. The summed E-state index contributed by atoms with van der Waals surface area (Å²) in [5, 5.41) is 10.4. The Labute approximate surface area is 304 Å². The minimum absolute atomic E-state index is 0.